The highest BCUT2D eigenvalue weighted by Gasteiger charge is 2.40. The van der Waals surface area contributed by atoms with E-state index < -0.39 is 11.4 Å². The lowest BCUT2D eigenvalue weighted by Crippen LogP contribution is -2.31. The molecule has 0 spiro atoms. The van der Waals surface area contributed by atoms with Gasteiger partial charge < -0.3 is 10.1 Å². The molecule has 0 fully saturated rings. The summed E-state index contributed by atoms with van der Waals surface area (Å²) in [5, 5.41) is 13.5. The molecule has 6 heteroatoms. The zero-order valence-corrected chi connectivity index (χ0v) is 18.7. The van der Waals surface area contributed by atoms with Crippen LogP contribution in [-0.4, -0.2) is 18.5 Å². The number of nitrogens with zero attached hydrogens (tertiary/aromatic N) is 1. The average Bonchev–Trinajstić information content (AvgIpc) is 3.16. The van der Waals surface area contributed by atoms with Crippen molar-refractivity contribution in [1.82, 2.24) is 0 Å². The number of hydrogen-bond acceptors (Lipinski definition) is 5. The van der Waals surface area contributed by atoms with E-state index in [1.807, 2.05) is 60.7 Å². The van der Waals surface area contributed by atoms with Crippen molar-refractivity contribution < 1.29 is 14.3 Å². The van der Waals surface area contributed by atoms with Crippen molar-refractivity contribution in [3.05, 3.63) is 87.8 Å². The lowest BCUT2D eigenvalue weighted by molar-refractivity contribution is -0.115. The average molecular weight is 445 g/mol. The third kappa shape index (κ3) is 4.30. The van der Waals surface area contributed by atoms with Crippen LogP contribution in [0, 0.1) is 11.3 Å². The first kappa shape index (κ1) is 21.8. The molecule has 32 heavy (non-hydrogen) atoms. The number of carbonyl (C=O) groups is 2. The smallest absolute Gasteiger partial charge is 0.341 e. The predicted octanol–water partition coefficient (Wildman–Crippen LogP) is 5.06. The third-order valence-electron chi connectivity index (χ3n) is 5.84. The first-order chi connectivity index (χ1) is 15.6. The highest BCUT2D eigenvalue weighted by atomic mass is 32.1. The van der Waals surface area contributed by atoms with Crippen molar-refractivity contribution in [2.75, 3.05) is 11.9 Å². The maximum atomic E-state index is 12.8. The molecule has 0 saturated heterocycles. The summed E-state index contributed by atoms with van der Waals surface area (Å²) in [6.45, 7) is 2.02. The third-order valence-corrected chi connectivity index (χ3v) is 6.98. The van der Waals surface area contributed by atoms with Gasteiger partial charge in [0.05, 0.1) is 30.1 Å². The second-order valence-corrected chi connectivity index (χ2v) is 8.98. The Balaban J connectivity index is 1.67. The van der Waals surface area contributed by atoms with E-state index in [0.717, 1.165) is 21.6 Å². The summed E-state index contributed by atoms with van der Waals surface area (Å²) in [4.78, 5) is 26.5. The van der Waals surface area contributed by atoms with Crippen LogP contribution in [0.1, 0.15) is 45.3 Å². The molecular formula is C26H24N2O3S. The van der Waals surface area contributed by atoms with E-state index in [9.17, 15) is 14.9 Å². The van der Waals surface area contributed by atoms with Gasteiger partial charge in [0.15, 0.2) is 0 Å². The number of fused-ring (bicyclic) bond motifs is 1. The Morgan fingerprint density at radius 3 is 2.47 bits per heavy atom. The molecule has 3 aromatic rings. The van der Waals surface area contributed by atoms with E-state index in [0.29, 0.717) is 29.8 Å². The Labute approximate surface area is 191 Å². The van der Waals surface area contributed by atoms with Gasteiger partial charge in [0.2, 0.25) is 5.91 Å². The van der Waals surface area contributed by atoms with Crippen LogP contribution in [0.4, 0.5) is 5.00 Å². The Bertz CT molecular complexity index is 1170. The van der Waals surface area contributed by atoms with Gasteiger partial charge in [-0.05, 0) is 36.5 Å². The van der Waals surface area contributed by atoms with E-state index >= 15 is 0 Å². The van der Waals surface area contributed by atoms with Gasteiger partial charge in [-0.25, -0.2) is 4.79 Å². The van der Waals surface area contributed by atoms with Gasteiger partial charge in [-0.1, -0.05) is 60.7 Å². The van der Waals surface area contributed by atoms with Gasteiger partial charge in [-0.2, -0.15) is 5.26 Å². The molecule has 4 rings (SSSR count). The molecular weight excluding hydrogens is 420 g/mol. The van der Waals surface area contributed by atoms with Crippen LogP contribution in [0.15, 0.2) is 60.7 Å². The summed E-state index contributed by atoms with van der Waals surface area (Å²) < 4.78 is 5.31. The number of rotatable bonds is 6. The summed E-state index contributed by atoms with van der Waals surface area (Å²) in [5.74, 6) is -0.612. The molecule has 1 aliphatic rings. The number of carbonyl (C=O) groups excluding carboxylic acids is 2. The van der Waals surface area contributed by atoms with Crippen molar-refractivity contribution in [2.24, 2.45) is 0 Å². The van der Waals surface area contributed by atoms with Crippen molar-refractivity contribution in [3.63, 3.8) is 0 Å². The normalized spacial score (nSPS) is 17.1. The zero-order valence-electron chi connectivity index (χ0n) is 17.9. The highest BCUT2D eigenvalue weighted by molar-refractivity contribution is 7.17. The minimum Gasteiger partial charge on any atom is -0.462 e. The van der Waals surface area contributed by atoms with Gasteiger partial charge >= 0.3 is 5.97 Å². The summed E-state index contributed by atoms with van der Waals surface area (Å²) in [6, 6.07) is 21.8. The van der Waals surface area contributed by atoms with E-state index in [-0.39, 0.29) is 18.9 Å². The van der Waals surface area contributed by atoms with Gasteiger partial charge in [0, 0.05) is 11.3 Å². The van der Waals surface area contributed by atoms with E-state index in [1.54, 1.807) is 6.92 Å². The highest BCUT2D eigenvalue weighted by Crippen LogP contribution is 2.45. The van der Waals surface area contributed by atoms with Crippen LogP contribution in [0.5, 0.6) is 0 Å². The van der Waals surface area contributed by atoms with Crippen LogP contribution >= 0.6 is 11.3 Å². The van der Waals surface area contributed by atoms with Crippen molar-refractivity contribution in [3.8, 4) is 6.07 Å². The molecule has 1 heterocycles. The number of thiophene rings is 1. The van der Waals surface area contributed by atoms with E-state index in [1.165, 1.54) is 11.3 Å². The maximum absolute atomic E-state index is 12.8. The van der Waals surface area contributed by atoms with Crippen LogP contribution in [0.2, 0.25) is 0 Å². The molecule has 1 aliphatic carbocycles. The Morgan fingerprint density at radius 1 is 1.12 bits per heavy atom. The summed E-state index contributed by atoms with van der Waals surface area (Å²) in [7, 11) is 0. The van der Waals surface area contributed by atoms with Gasteiger partial charge in [-0.15, -0.1) is 11.3 Å². The first-order valence-electron chi connectivity index (χ1n) is 10.7. The molecule has 0 radical (unpaired) electrons. The Hall–Kier alpha value is -3.43. The lowest BCUT2D eigenvalue weighted by Gasteiger charge is -2.31. The first-order valence-corrected chi connectivity index (χ1v) is 11.5. The van der Waals surface area contributed by atoms with Crippen LogP contribution in [0.3, 0.4) is 0 Å². The van der Waals surface area contributed by atoms with Gasteiger partial charge in [0.1, 0.15) is 5.00 Å². The molecule has 162 valence electrons. The fourth-order valence-corrected chi connectivity index (χ4v) is 5.61. The number of esters is 1. The summed E-state index contributed by atoms with van der Waals surface area (Å²) in [5.41, 5.74) is 2.57. The largest absolute Gasteiger partial charge is 0.462 e. The molecule has 0 saturated carbocycles. The Morgan fingerprint density at radius 2 is 1.81 bits per heavy atom. The van der Waals surface area contributed by atoms with Crippen LogP contribution < -0.4 is 5.32 Å². The maximum Gasteiger partial charge on any atom is 0.341 e. The molecule has 1 aromatic heterocycles. The second-order valence-electron chi connectivity index (χ2n) is 7.88. The lowest BCUT2D eigenvalue weighted by atomic mass is 9.70. The zero-order chi connectivity index (χ0) is 22.6. The molecule has 1 atom stereocenters. The molecule has 5 nitrogen and oxygen atoms in total. The minimum atomic E-state index is -0.642. The SMILES string of the molecule is CCOC(=O)c1c(NC(=O)Cc2ccccc2)sc2c1CC[C@@](C#N)(c1ccccc1)C2. The quantitative estimate of drug-likeness (QED) is 0.539. The molecule has 0 unspecified atom stereocenters. The second kappa shape index (κ2) is 9.37. The number of benzene rings is 2. The van der Waals surface area contributed by atoms with Crippen LogP contribution in [-0.2, 0) is 34.2 Å². The van der Waals surface area contributed by atoms with E-state index in [2.05, 4.69) is 11.4 Å². The number of anilines is 1. The molecule has 0 bridgehead atoms. The van der Waals surface area contributed by atoms with Crippen molar-refractivity contribution in [1.29, 1.82) is 5.26 Å². The van der Waals surface area contributed by atoms with Gasteiger partial charge in [0.25, 0.3) is 0 Å². The predicted molar refractivity (Wildman–Crippen MR) is 125 cm³/mol. The summed E-state index contributed by atoms with van der Waals surface area (Å²) >= 11 is 1.38. The minimum absolute atomic E-state index is 0.185. The standard InChI is InChI=1S/C26H24N2O3S/c1-2-31-25(30)23-20-13-14-26(17-27,19-11-7-4-8-12-19)16-21(20)32-24(23)28-22(29)15-18-9-5-3-6-10-18/h3-12H,2,13-16H2,1H3,(H,28,29)/t26-/m1/s1. The van der Waals surface area contributed by atoms with E-state index in [4.69, 9.17) is 4.74 Å². The van der Waals surface area contributed by atoms with Gasteiger partial charge in [-0.3, -0.25) is 4.79 Å². The fraction of sp³-hybridized carbons (Fsp3) is 0.269. The molecule has 0 aliphatic heterocycles. The topological polar surface area (TPSA) is 79.2 Å². The number of amides is 1. The fourth-order valence-electron chi connectivity index (χ4n) is 4.24. The number of nitriles is 1. The summed E-state index contributed by atoms with van der Waals surface area (Å²) in [6.07, 6.45) is 1.92. The number of nitrogens with one attached hydrogen (secondary N) is 1. The van der Waals surface area contributed by atoms with Crippen LogP contribution in [0.25, 0.3) is 0 Å². The Kier molecular flexibility index (Phi) is 6.38. The molecule has 2 aromatic carbocycles. The number of hydrogen-bond donors (Lipinski definition) is 1. The number of ether oxygens (including phenoxy) is 1. The van der Waals surface area contributed by atoms with Crippen molar-refractivity contribution >= 4 is 28.2 Å². The molecule has 1 N–H and O–H groups in total. The molecule has 1 amide bonds. The van der Waals surface area contributed by atoms with Crippen molar-refractivity contribution in [2.45, 2.75) is 38.0 Å². The monoisotopic (exact) mass is 444 g/mol.